The number of alkyl halides is 2. The number of halogens is 2. The van der Waals surface area contributed by atoms with Crippen LogP contribution in [0.2, 0.25) is 0 Å². The maximum Gasteiger partial charge on any atom is 0.387 e. The standard InChI is InChI=1S/C15H9F2NO3/c16-15(17)21-13-10(4-3-6-12(13)14(19)20)7-8-11-5-1-2-9-18-11/h1-6,9,15H,(H,19,20). The Balaban J connectivity index is 2.46. The minimum Gasteiger partial charge on any atom is -0.478 e. The Morgan fingerprint density at radius 3 is 2.62 bits per heavy atom. The van der Waals surface area contributed by atoms with Gasteiger partial charge in [-0.15, -0.1) is 0 Å². The number of hydrogen-bond donors (Lipinski definition) is 1. The van der Waals surface area contributed by atoms with Crippen molar-refractivity contribution >= 4 is 5.97 Å². The molecule has 0 aliphatic carbocycles. The molecule has 0 bridgehead atoms. The van der Waals surface area contributed by atoms with Crippen LogP contribution >= 0.6 is 0 Å². The SMILES string of the molecule is O=C(O)c1cccc(C#Cc2ccccn2)c1OC(F)F. The lowest BCUT2D eigenvalue weighted by atomic mass is 10.1. The van der Waals surface area contributed by atoms with E-state index in [4.69, 9.17) is 5.11 Å². The fraction of sp³-hybridized carbons (Fsp3) is 0.0667. The predicted octanol–water partition coefficient (Wildman–Crippen LogP) is 2.78. The summed E-state index contributed by atoms with van der Waals surface area (Å²) in [6.45, 7) is -3.14. The molecule has 106 valence electrons. The van der Waals surface area contributed by atoms with Crippen LogP contribution in [0.4, 0.5) is 8.78 Å². The predicted molar refractivity (Wildman–Crippen MR) is 70.3 cm³/mol. The molecule has 0 fully saturated rings. The third-order valence-corrected chi connectivity index (χ3v) is 2.44. The van der Waals surface area contributed by atoms with E-state index in [9.17, 15) is 13.6 Å². The normalized spacial score (nSPS) is 9.86. The van der Waals surface area contributed by atoms with E-state index in [-0.39, 0.29) is 11.1 Å². The van der Waals surface area contributed by atoms with Gasteiger partial charge in [-0.05, 0) is 30.2 Å². The molecule has 2 aromatic rings. The number of aromatic nitrogens is 1. The van der Waals surface area contributed by atoms with E-state index in [0.717, 1.165) is 0 Å². The van der Waals surface area contributed by atoms with Crippen LogP contribution in [0.25, 0.3) is 0 Å². The molecule has 0 atom stereocenters. The monoisotopic (exact) mass is 289 g/mol. The van der Waals surface area contributed by atoms with E-state index < -0.39 is 18.3 Å². The molecule has 6 heteroatoms. The number of carboxylic acids is 1. The van der Waals surface area contributed by atoms with Crippen molar-refractivity contribution in [2.45, 2.75) is 6.61 Å². The summed E-state index contributed by atoms with van der Waals surface area (Å²) >= 11 is 0. The highest BCUT2D eigenvalue weighted by Gasteiger charge is 2.18. The summed E-state index contributed by atoms with van der Waals surface area (Å²) in [6, 6.07) is 9.06. The molecule has 0 amide bonds. The van der Waals surface area contributed by atoms with Crippen molar-refractivity contribution in [1.29, 1.82) is 0 Å². The molecular formula is C15H9F2NO3. The van der Waals surface area contributed by atoms with Crippen LogP contribution in [0.5, 0.6) is 5.75 Å². The third kappa shape index (κ3) is 3.76. The first-order chi connectivity index (χ1) is 10.1. The molecule has 0 saturated carbocycles. The van der Waals surface area contributed by atoms with Crippen LogP contribution in [-0.4, -0.2) is 22.7 Å². The van der Waals surface area contributed by atoms with Crippen LogP contribution in [0.15, 0.2) is 42.6 Å². The van der Waals surface area contributed by atoms with Gasteiger partial charge in [0.15, 0.2) is 5.75 Å². The van der Waals surface area contributed by atoms with Crippen LogP contribution in [-0.2, 0) is 0 Å². The van der Waals surface area contributed by atoms with Crippen molar-refractivity contribution in [3.63, 3.8) is 0 Å². The summed E-state index contributed by atoms with van der Waals surface area (Å²) in [5.41, 5.74) is 0.116. The number of carboxylic acid groups (broad SMARTS) is 1. The third-order valence-electron chi connectivity index (χ3n) is 2.44. The molecule has 0 aliphatic heterocycles. The molecule has 1 heterocycles. The van der Waals surface area contributed by atoms with Gasteiger partial charge in [0.2, 0.25) is 0 Å². The van der Waals surface area contributed by atoms with Crippen LogP contribution in [0, 0.1) is 11.8 Å². The van der Waals surface area contributed by atoms with E-state index in [1.165, 1.54) is 24.4 Å². The molecule has 0 aliphatic rings. The second-order valence-corrected chi connectivity index (χ2v) is 3.83. The molecule has 0 saturated heterocycles. The van der Waals surface area contributed by atoms with Crippen LogP contribution in [0.1, 0.15) is 21.6 Å². The summed E-state index contributed by atoms with van der Waals surface area (Å²) in [5.74, 6) is 3.43. The first-order valence-electron chi connectivity index (χ1n) is 5.82. The van der Waals surface area contributed by atoms with Gasteiger partial charge in [0.1, 0.15) is 11.3 Å². The van der Waals surface area contributed by atoms with Crippen molar-refractivity contribution in [2.75, 3.05) is 0 Å². The summed E-state index contributed by atoms with van der Waals surface area (Å²) in [6.07, 6.45) is 1.54. The number of para-hydroxylation sites is 1. The molecule has 21 heavy (non-hydrogen) atoms. The Morgan fingerprint density at radius 1 is 1.19 bits per heavy atom. The lowest BCUT2D eigenvalue weighted by Gasteiger charge is -2.09. The lowest BCUT2D eigenvalue weighted by molar-refractivity contribution is -0.0505. The van der Waals surface area contributed by atoms with Gasteiger partial charge in [-0.1, -0.05) is 18.1 Å². The van der Waals surface area contributed by atoms with Crippen LogP contribution in [0.3, 0.4) is 0 Å². The molecule has 4 nitrogen and oxygen atoms in total. The number of pyridine rings is 1. The Bertz CT molecular complexity index is 706. The fourth-order valence-corrected chi connectivity index (χ4v) is 1.59. The molecule has 0 unspecified atom stereocenters. The van der Waals surface area contributed by atoms with Gasteiger partial charge in [-0.3, -0.25) is 0 Å². The number of rotatable bonds is 3. The Kier molecular flexibility index (Phi) is 4.46. The second-order valence-electron chi connectivity index (χ2n) is 3.83. The number of ether oxygens (including phenoxy) is 1. The summed E-state index contributed by atoms with van der Waals surface area (Å²) in [4.78, 5) is 15.0. The Hall–Kier alpha value is -2.94. The first kappa shape index (κ1) is 14.5. The van der Waals surface area contributed by atoms with Crippen molar-refractivity contribution in [2.24, 2.45) is 0 Å². The number of benzene rings is 1. The molecule has 0 spiro atoms. The second kappa shape index (κ2) is 6.48. The molecule has 0 radical (unpaired) electrons. The zero-order valence-electron chi connectivity index (χ0n) is 10.6. The van der Waals surface area contributed by atoms with Gasteiger partial charge in [-0.2, -0.15) is 8.78 Å². The van der Waals surface area contributed by atoms with E-state index in [0.29, 0.717) is 5.69 Å². The summed E-state index contributed by atoms with van der Waals surface area (Å²) in [7, 11) is 0. The fourth-order valence-electron chi connectivity index (χ4n) is 1.59. The van der Waals surface area contributed by atoms with E-state index in [1.807, 2.05) is 0 Å². The zero-order valence-corrected chi connectivity index (χ0v) is 10.6. The van der Waals surface area contributed by atoms with Gasteiger partial charge in [0, 0.05) is 6.20 Å². The van der Waals surface area contributed by atoms with E-state index in [1.54, 1.807) is 18.2 Å². The smallest absolute Gasteiger partial charge is 0.387 e. The minimum absolute atomic E-state index is 0.0563. The topological polar surface area (TPSA) is 59.4 Å². The van der Waals surface area contributed by atoms with Gasteiger partial charge < -0.3 is 9.84 Å². The minimum atomic E-state index is -3.14. The number of hydrogen-bond acceptors (Lipinski definition) is 3. The molecule has 1 N–H and O–H groups in total. The lowest BCUT2D eigenvalue weighted by Crippen LogP contribution is -2.09. The first-order valence-corrected chi connectivity index (χ1v) is 5.82. The Labute approximate surface area is 119 Å². The number of aromatic carboxylic acids is 1. The summed E-state index contributed by atoms with van der Waals surface area (Å²) < 4.78 is 29.2. The van der Waals surface area contributed by atoms with E-state index >= 15 is 0 Å². The quantitative estimate of drug-likeness (QED) is 0.883. The van der Waals surface area contributed by atoms with Crippen molar-refractivity contribution < 1.29 is 23.4 Å². The Morgan fingerprint density at radius 2 is 2.00 bits per heavy atom. The molecular weight excluding hydrogens is 280 g/mol. The van der Waals surface area contributed by atoms with Crippen LogP contribution < -0.4 is 4.74 Å². The maximum absolute atomic E-state index is 12.4. The highest BCUT2D eigenvalue weighted by Crippen LogP contribution is 2.25. The zero-order chi connectivity index (χ0) is 15.2. The van der Waals surface area contributed by atoms with Gasteiger partial charge >= 0.3 is 12.6 Å². The number of carbonyl (C=O) groups is 1. The van der Waals surface area contributed by atoms with E-state index in [2.05, 4.69) is 21.6 Å². The molecule has 1 aromatic carbocycles. The highest BCUT2D eigenvalue weighted by atomic mass is 19.3. The van der Waals surface area contributed by atoms with Gasteiger partial charge in [0.05, 0.1) is 5.56 Å². The van der Waals surface area contributed by atoms with Crippen molar-refractivity contribution in [3.05, 3.63) is 59.4 Å². The van der Waals surface area contributed by atoms with Gasteiger partial charge in [0.25, 0.3) is 0 Å². The largest absolute Gasteiger partial charge is 0.478 e. The number of nitrogens with zero attached hydrogens (tertiary/aromatic N) is 1. The average Bonchev–Trinajstić information content (AvgIpc) is 2.46. The summed E-state index contributed by atoms with van der Waals surface area (Å²) in [5, 5.41) is 9.00. The van der Waals surface area contributed by atoms with Crippen molar-refractivity contribution in [3.8, 4) is 17.6 Å². The average molecular weight is 289 g/mol. The van der Waals surface area contributed by atoms with Crippen molar-refractivity contribution in [1.82, 2.24) is 4.98 Å². The maximum atomic E-state index is 12.4. The molecule has 1 aromatic heterocycles. The van der Waals surface area contributed by atoms with Gasteiger partial charge in [-0.25, -0.2) is 9.78 Å². The highest BCUT2D eigenvalue weighted by molar-refractivity contribution is 5.92. The molecule has 2 rings (SSSR count).